The Balaban J connectivity index is 4.45. The molecule has 2 atom stereocenters. The SMILES string of the molecule is CC/C=C\C/C=C\C/C=C\C/C=C\C/C=C\C/C=C\C/C=C\CCCC(=O)OC(COC(=O)CCCCCCCCCCCCCCCCCCCC)COC(OCC[N+](C)(C)C)C(=O)O. The molecule has 0 rings (SSSR count). The van der Waals surface area contributed by atoms with Crippen molar-refractivity contribution in [1.82, 2.24) is 0 Å². The Labute approximate surface area is 404 Å². The molecule has 9 nitrogen and oxygen atoms in total. The number of ether oxygens (including phenoxy) is 4. The number of carbonyl (C=O) groups is 3. The Kier molecular flexibility index (Phi) is 45.4. The number of carbonyl (C=O) groups excluding carboxylic acids is 2. The van der Waals surface area contributed by atoms with Crippen LogP contribution in [0.4, 0.5) is 0 Å². The largest absolute Gasteiger partial charge is 0.477 e. The number of allylic oxidation sites excluding steroid dienone is 14. The Morgan fingerprint density at radius 1 is 0.470 bits per heavy atom. The number of esters is 2. The number of aliphatic carboxylic acids is 1. The number of quaternary nitrogens is 1. The Bertz CT molecular complexity index is 1350. The molecule has 0 aliphatic carbocycles. The smallest absolute Gasteiger partial charge is 0.361 e. The van der Waals surface area contributed by atoms with E-state index in [1.54, 1.807) is 0 Å². The number of carboxylic acid groups (broad SMARTS) is 1. The van der Waals surface area contributed by atoms with E-state index < -0.39 is 24.3 Å². The van der Waals surface area contributed by atoms with Gasteiger partial charge in [-0.2, -0.15) is 0 Å². The first kappa shape index (κ1) is 62.5. The van der Waals surface area contributed by atoms with Gasteiger partial charge in [-0.05, 0) is 64.2 Å². The van der Waals surface area contributed by atoms with E-state index in [1.165, 1.54) is 96.3 Å². The van der Waals surface area contributed by atoms with E-state index in [1.807, 2.05) is 21.1 Å². The fourth-order valence-electron chi connectivity index (χ4n) is 6.88. The van der Waals surface area contributed by atoms with Gasteiger partial charge in [0.25, 0.3) is 6.29 Å². The van der Waals surface area contributed by atoms with Crippen LogP contribution in [0, 0.1) is 0 Å². The zero-order valence-electron chi connectivity index (χ0n) is 42.8. The molecule has 2 unspecified atom stereocenters. The van der Waals surface area contributed by atoms with E-state index >= 15 is 0 Å². The first-order chi connectivity index (χ1) is 32.1. The summed E-state index contributed by atoms with van der Waals surface area (Å²) in [4.78, 5) is 37.3. The molecule has 1 N–H and O–H groups in total. The van der Waals surface area contributed by atoms with Crippen molar-refractivity contribution in [3.05, 3.63) is 85.1 Å². The molecule has 0 aromatic carbocycles. The van der Waals surface area contributed by atoms with Gasteiger partial charge in [-0.1, -0.05) is 208 Å². The second-order valence-electron chi connectivity index (χ2n) is 18.5. The summed E-state index contributed by atoms with van der Waals surface area (Å²) in [6.45, 7) is 4.70. The third-order valence-electron chi connectivity index (χ3n) is 10.9. The van der Waals surface area contributed by atoms with Crippen LogP contribution < -0.4 is 0 Å². The monoisotopic (exact) mass is 925 g/mol. The number of rotatable bonds is 47. The van der Waals surface area contributed by atoms with Gasteiger partial charge in [-0.3, -0.25) is 9.59 Å². The number of carboxylic acids is 1. The standard InChI is InChI=1S/C57H97NO8/c1-6-8-10-12-14-16-18-20-22-24-26-27-28-29-30-32-34-36-38-40-42-44-46-48-55(60)66-53(52-65-57(56(61)62)63-50-49-58(3,4)5)51-64-54(59)47-45-43-41-39-37-35-33-31-25-23-21-19-17-15-13-11-9-7-2/h8,10,14,16,20,22,26-27,29-30,34,36,40,42,53,57H,6-7,9,11-13,15,17-19,21,23-25,28,31-33,35,37-39,41,43-52H2,1-5H3/p+1/b10-8-,16-14-,22-20-,27-26-,30-29-,36-34-,42-40-. The molecule has 0 heterocycles. The lowest BCUT2D eigenvalue weighted by Gasteiger charge is -2.25. The predicted octanol–water partition coefficient (Wildman–Crippen LogP) is 14.8. The Morgan fingerprint density at radius 2 is 0.864 bits per heavy atom. The molecular weight excluding hydrogens is 827 g/mol. The summed E-state index contributed by atoms with van der Waals surface area (Å²) in [6, 6.07) is 0. The van der Waals surface area contributed by atoms with Crippen molar-refractivity contribution < 1.29 is 42.9 Å². The predicted molar refractivity (Wildman–Crippen MR) is 276 cm³/mol. The van der Waals surface area contributed by atoms with E-state index in [0.717, 1.165) is 64.2 Å². The fraction of sp³-hybridized carbons (Fsp3) is 0.702. The first-order valence-corrected chi connectivity index (χ1v) is 26.3. The highest BCUT2D eigenvalue weighted by atomic mass is 16.7. The van der Waals surface area contributed by atoms with Crippen molar-refractivity contribution in [3.8, 4) is 0 Å². The lowest BCUT2D eigenvalue weighted by molar-refractivity contribution is -0.870. The minimum Gasteiger partial charge on any atom is -0.477 e. The third kappa shape index (κ3) is 48.4. The fourth-order valence-corrected chi connectivity index (χ4v) is 6.88. The number of unbranched alkanes of at least 4 members (excludes halogenated alkanes) is 18. The number of hydrogen-bond donors (Lipinski definition) is 1. The van der Waals surface area contributed by atoms with Gasteiger partial charge in [-0.25, -0.2) is 4.79 Å². The van der Waals surface area contributed by atoms with E-state index in [0.29, 0.717) is 23.9 Å². The van der Waals surface area contributed by atoms with Gasteiger partial charge >= 0.3 is 17.9 Å². The summed E-state index contributed by atoms with van der Waals surface area (Å²) in [7, 11) is 5.94. The van der Waals surface area contributed by atoms with Crippen LogP contribution in [0.15, 0.2) is 85.1 Å². The van der Waals surface area contributed by atoms with Crippen molar-refractivity contribution in [2.75, 3.05) is 47.5 Å². The zero-order valence-corrected chi connectivity index (χ0v) is 42.8. The summed E-state index contributed by atoms with van der Waals surface area (Å²) < 4.78 is 22.7. The first-order valence-electron chi connectivity index (χ1n) is 26.3. The normalized spacial score (nSPS) is 13.5. The van der Waals surface area contributed by atoms with Crippen molar-refractivity contribution in [3.63, 3.8) is 0 Å². The molecule has 0 aliphatic heterocycles. The van der Waals surface area contributed by atoms with Crippen LogP contribution in [0.3, 0.4) is 0 Å². The van der Waals surface area contributed by atoms with Crippen molar-refractivity contribution >= 4 is 17.9 Å². The van der Waals surface area contributed by atoms with Crippen LogP contribution in [0.2, 0.25) is 0 Å². The minimum atomic E-state index is -1.53. The number of hydrogen-bond acceptors (Lipinski definition) is 7. The second kappa shape index (κ2) is 47.9. The second-order valence-corrected chi connectivity index (χ2v) is 18.5. The molecule has 378 valence electrons. The van der Waals surface area contributed by atoms with Crippen molar-refractivity contribution in [2.24, 2.45) is 0 Å². The maximum Gasteiger partial charge on any atom is 0.361 e. The molecular formula is C57H98NO8+. The van der Waals surface area contributed by atoms with Crippen LogP contribution in [-0.2, 0) is 33.3 Å². The highest BCUT2D eigenvalue weighted by molar-refractivity contribution is 5.71. The molecule has 9 heteroatoms. The summed E-state index contributed by atoms with van der Waals surface area (Å²) in [6.07, 6.45) is 59.4. The van der Waals surface area contributed by atoms with E-state index in [-0.39, 0.29) is 38.6 Å². The summed E-state index contributed by atoms with van der Waals surface area (Å²) in [5, 5.41) is 9.67. The highest BCUT2D eigenvalue weighted by Crippen LogP contribution is 2.15. The zero-order chi connectivity index (χ0) is 48.4. The maximum atomic E-state index is 12.8. The molecule has 0 saturated carbocycles. The molecule has 0 bridgehead atoms. The lowest BCUT2D eigenvalue weighted by atomic mass is 10.0. The Hall–Kier alpha value is -3.53. The molecule has 0 aromatic rings. The van der Waals surface area contributed by atoms with E-state index in [2.05, 4.69) is 98.9 Å². The molecule has 0 aromatic heterocycles. The highest BCUT2D eigenvalue weighted by Gasteiger charge is 2.25. The summed E-state index contributed by atoms with van der Waals surface area (Å²) >= 11 is 0. The maximum absolute atomic E-state index is 12.8. The molecule has 0 radical (unpaired) electrons. The van der Waals surface area contributed by atoms with Gasteiger partial charge in [0, 0.05) is 12.8 Å². The van der Waals surface area contributed by atoms with Gasteiger partial charge in [0.15, 0.2) is 6.10 Å². The summed E-state index contributed by atoms with van der Waals surface area (Å²) in [5.74, 6) is -2.09. The van der Waals surface area contributed by atoms with Crippen molar-refractivity contribution in [2.45, 2.75) is 212 Å². The quantitative estimate of drug-likeness (QED) is 0.0211. The van der Waals surface area contributed by atoms with E-state index in [4.69, 9.17) is 18.9 Å². The third-order valence-corrected chi connectivity index (χ3v) is 10.9. The van der Waals surface area contributed by atoms with Crippen LogP contribution >= 0.6 is 0 Å². The van der Waals surface area contributed by atoms with Gasteiger partial charge in [0.2, 0.25) is 0 Å². The molecule has 0 spiro atoms. The van der Waals surface area contributed by atoms with Gasteiger partial charge in [0.1, 0.15) is 13.2 Å². The average molecular weight is 925 g/mol. The minimum absolute atomic E-state index is 0.174. The van der Waals surface area contributed by atoms with E-state index in [9.17, 15) is 19.5 Å². The molecule has 66 heavy (non-hydrogen) atoms. The molecule has 0 aliphatic rings. The molecule has 0 fully saturated rings. The van der Waals surface area contributed by atoms with Crippen LogP contribution in [0.5, 0.6) is 0 Å². The Morgan fingerprint density at radius 3 is 1.27 bits per heavy atom. The van der Waals surface area contributed by atoms with Gasteiger partial charge < -0.3 is 28.5 Å². The van der Waals surface area contributed by atoms with Gasteiger partial charge in [-0.15, -0.1) is 0 Å². The lowest BCUT2D eigenvalue weighted by Crippen LogP contribution is -2.40. The van der Waals surface area contributed by atoms with Gasteiger partial charge in [0.05, 0.1) is 34.4 Å². The average Bonchev–Trinajstić information content (AvgIpc) is 3.28. The summed E-state index contributed by atoms with van der Waals surface area (Å²) in [5.41, 5.74) is 0. The topological polar surface area (TPSA) is 108 Å². The van der Waals surface area contributed by atoms with Crippen LogP contribution in [0.1, 0.15) is 200 Å². The van der Waals surface area contributed by atoms with Crippen molar-refractivity contribution in [1.29, 1.82) is 0 Å². The molecule has 0 amide bonds. The van der Waals surface area contributed by atoms with Crippen LogP contribution in [0.25, 0.3) is 0 Å². The van der Waals surface area contributed by atoms with Crippen LogP contribution in [-0.4, -0.2) is 87.4 Å². The number of likely N-dealkylation sites (N-methyl/N-ethyl adjacent to an activating group) is 1. The number of nitrogens with zero attached hydrogens (tertiary/aromatic N) is 1. The molecule has 0 saturated heterocycles.